The zero-order valence-electron chi connectivity index (χ0n) is 13.9. The molecule has 0 saturated heterocycles. The molecule has 2 aromatic rings. The van der Waals surface area contributed by atoms with Gasteiger partial charge in [0, 0.05) is 24.7 Å². The number of nitrogens with one attached hydrogen (secondary N) is 1. The van der Waals surface area contributed by atoms with Gasteiger partial charge in [-0.05, 0) is 24.1 Å². The van der Waals surface area contributed by atoms with Gasteiger partial charge in [-0.1, -0.05) is 43.3 Å². The number of halogens is 1. The second kappa shape index (κ2) is 8.24. The third-order valence-electron chi connectivity index (χ3n) is 3.77. The second-order valence-corrected chi connectivity index (χ2v) is 5.53. The normalized spacial score (nSPS) is 10.3. The molecule has 0 heterocycles. The van der Waals surface area contributed by atoms with E-state index in [4.69, 9.17) is 0 Å². The molecule has 2 amide bonds. The SMILES string of the molecule is CCc1ccccc1NC(=O)CN(Cc1ccccc1F)C(C)=O. The molecule has 0 fully saturated rings. The standard InChI is InChI=1S/C19H21FN2O2/c1-3-15-8-5-7-11-18(15)21-19(24)13-22(14(2)23)12-16-9-4-6-10-17(16)20/h4-11H,3,12-13H2,1-2H3,(H,21,24). The van der Waals surface area contributed by atoms with E-state index in [0.717, 1.165) is 17.7 Å². The molecule has 0 aliphatic carbocycles. The molecule has 1 N–H and O–H groups in total. The first-order valence-electron chi connectivity index (χ1n) is 7.88. The average molecular weight is 328 g/mol. The Balaban J connectivity index is 2.06. The van der Waals surface area contributed by atoms with Gasteiger partial charge in [0.25, 0.3) is 0 Å². The third kappa shape index (κ3) is 4.65. The Bertz CT molecular complexity index is 731. The Hall–Kier alpha value is -2.69. The molecule has 0 bridgehead atoms. The number of hydrogen-bond acceptors (Lipinski definition) is 2. The molecule has 0 radical (unpaired) electrons. The zero-order valence-corrected chi connectivity index (χ0v) is 13.9. The molecule has 4 nitrogen and oxygen atoms in total. The molecule has 0 atom stereocenters. The maximum atomic E-state index is 13.8. The van der Waals surface area contributed by atoms with Crippen LogP contribution >= 0.6 is 0 Å². The summed E-state index contributed by atoms with van der Waals surface area (Å²) < 4.78 is 13.8. The van der Waals surface area contributed by atoms with Crippen LogP contribution in [0.4, 0.5) is 10.1 Å². The van der Waals surface area contributed by atoms with Gasteiger partial charge >= 0.3 is 0 Å². The molecule has 0 aliphatic rings. The van der Waals surface area contributed by atoms with Crippen molar-refractivity contribution in [1.29, 1.82) is 0 Å². The predicted molar refractivity (Wildman–Crippen MR) is 91.9 cm³/mol. The molecular weight excluding hydrogens is 307 g/mol. The molecular formula is C19H21FN2O2. The monoisotopic (exact) mass is 328 g/mol. The summed E-state index contributed by atoms with van der Waals surface area (Å²) in [6, 6.07) is 13.8. The van der Waals surface area contributed by atoms with E-state index in [-0.39, 0.29) is 30.7 Å². The first kappa shape index (κ1) is 17.7. The number of benzene rings is 2. The maximum absolute atomic E-state index is 13.8. The molecule has 5 heteroatoms. The molecule has 0 unspecified atom stereocenters. The smallest absolute Gasteiger partial charge is 0.244 e. The van der Waals surface area contributed by atoms with E-state index in [9.17, 15) is 14.0 Å². The lowest BCUT2D eigenvalue weighted by atomic mass is 10.1. The summed E-state index contributed by atoms with van der Waals surface area (Å²) in [6.07, 6.45) is 0.794. The summed E-state index contributed by atoms with van der Waals surface area (Å²) in [5.41, 5.74) is 2.14. The highest BCUT2D eigenvalue weighted by atomic mass is 19.1. The van der Waals surface area contributed by atoms with Gasteiger partial charge in [-0.15, -0.1) is 0 Å². The lowest BCUT2D eigenvalue weighted by Crippen LogP contribution is -2.36. The van der Waals surface area contributed by atoms with E-state index in [0.29, 0.717) is 5.56 Å². The topological polar surface area (TPSA) is 49.4 Å². The fourth-order valence-corrected chi connectivity index (χ4v) is 2.42. The van der Waals surface area contributed by atoms with E-state index < -0.39 is 0 Å². The van der Waals surface area contributed by atoms with E-state index in [1.54, 1.807) is 18.2 Å². The summed E-state index contributed by atoms with van der Waals surface area (Å²) in [5.74, 6) is -0.972. The van der Waals surface area contributed by atoms with Gasteiger partial charge < -0.3 is 10.2 Å². The van der Waals surface area contributed by atoms with Gasteiger partial charge in [-0.25, -0.2) is 4.39 Å². The van der Waals surface area contributed by atoms with Crippen LogP contribution in [0.25, 0.3) is 0 Å². The summed E-state index contributed by atoms with van der Waals surface area (Å²) in [7, 11) is 0. The minimum atomic E-state index is -0.388. The Labute approximate surface area is 141 Å². The number of nitrogens with zero attached hydrogens (tertiary/aromatic N) is 1. The van der Waals surface area contributed by atoms with Gasteiger partial charge in [0.1, 0.15) is 12.4 Å². The fourth-order valence-electron chi connectivity index (χ4n) is 2.42. The highest BCUT2D eigenvalue weighted by Gasteiger charge is 2.16. The van der Waals surface area contributed by atoms with Crippen LogP contribution in [-0.2, 0) is 22.6 Å². The number of rotatable bonds is 6. The van der Waals surface area contributed by atoms with E-state index in [2.05, 4.69) is 5.32 Å². The minimum Gasteiger partial charge on any atom is -0.329 e. The first-order valence-corrected chi connectivity index (χ1v) is 7.88. The molecule has 126 valence electrons. The van der Waals surface area contributed by atoms with Crippen LogP contribution in [-0.4, -0.2) is 23.3 Å². The number of anilines is 1. The number of amides is 2. The van der Waals surface area contributed by atoms with Gasteiger partial charge in [0.05, 0.1) is 0 Å². The summed E-state index contributed by atoms with van der Waals surface area (Å²) in [5, 5.41) is 2.82. The van der Waals surface area contributed by atoms with Crippen LogP contribution in [0.5, 0.6) is 0 Å². The van der Waals surface area contributed by atoms with Gasteiger partial charge in [-0.3, -0.25) is 9.59 Å². The largest absolute Gasteiger partial charge is 0.329 e. The third-order valence-corrected chi connectivity index (χ3v) is 3.77. The van der Waals surface area contributed by atoms with Crippen molar-refractivity contribution in [3.63, 3.8) is 0 Å². The lowest BCUT2D eigenvalue weighted by molar-refractivity contribution is -0.133. The van der Waals surface area contributed by atoms with E-state index >= 15 is 0 Å². The van der Waals surface area contributed by atoms with Crippen molar-refractivity contribution in [2.75, 3.05) is 11.9 Å². The molecule has 0 aliphatic heterocycles. The first-order chi connectivity index (χ1) is 11.5. The molecule has 2 rings (SSSR count). The average Bonchev–Trinajstić information content (AvgIpc) is 2.56. The number of aryl methyl sites for hydroxylation is 1. The molecule has 2 aromatic carbocycles. The van der Waals surface area contributed by atoms with Gasteiger partial charge in [-0.2, -0.15) is 0 Å². The molecule has 0 spiro atoms. The van der Waals surface area contributed by atoms with Crippen molar-refractivity contribution in [2.45, 2.75) is 26.8 Å². The Kier molecular flexibility index (Phi) is 6.07. The number of carbonyl (C=O) groups is 2. The summed E-state index contributed by atoms with van der Waals surface area (Å²) >= 11 is 0. The van der Waals surface area contributed by atoms with Crippen molar-refractivity contribution >= 4 is 17.5 Å². The van der Waals surface area contributed by atoms with Crippen LogP contribution in [0.1, 0.15) is 25.0 Å². The number of hydrogen-bond donors (Lipinski definition) is 1. The zero-order chi connectivity index (χ0) is 17.5. The minimum absolute atomic E-state index is 0.0604. The Morgan fingerprint density at radius 3 is 2.29 bits per heavy atom. The Morgan fingerprint density at radius 1 is 1.04 bits per heavy atom. The predicted octanol–water partition coefficient (Wildman–Crippen LogP) is 3.38. The van der Waals surface area contributed by atoms with Crippen molar-refractivity contribution in [1.82, 2.24) is 4.90 Å². The van der Waals surface area contributed by atoms with Crippen molar-refractivity contribution < 1.29 is 14.0 Å². The quantitative estimate of drug-likeness (QED) is 0.884. The van der Waals surface area contributed by atoms with Crippen LogP contribution < -0.4 is 5.32 Å². The second-order valence-electron chi connectivity index (χ2n) is 5.53. The summed E-state index contributed by atoms with van der Waals surface area (Å²) in [6.45, 7) is 3.31. The van der Waals surface area contributed by atoms with Gasteiger partial charge in [0.2, 0.25) is 11.8 Å². The van der Waals surface area contributed by atoms with Gasteiger partial charge in [0.15, 0.2) is 0 Å². The molecule has 0 aromatic heterocycles. The van der Waals surface area contributed by atoms with Crippen LogP contribution in [0, 0.1) is 5.82 Å². The fraction of sp³-hybridized carbons (Fsp3) is 0.263. The number of para-hydroxylation sites is 1. The van der Waals surface area contributed by atoms with E-state index in [1.807, 2.05) is 31.2 Å². The van der Waals surface area contributed by atoms with Crippen LogP contribution in [0.3, 0.4) is 0 Å². The lowest BCUT2D eigenvalue weighted by Gasteiger charge is -2.21. The highest BCUT2D eigenvalue weighted by molar-refractivity contribution is 5.94. The van der Waals surface area contributed by atoms with Crippen molar-refractivity contribution in [3.05, 3.63) is 65.5 Å². The summed E-state index contributed by atoms with van der Waals surface area (Å²) in [4.78, 5) is 25.4. The Morgan fingerprint density at radius 2 is 1.67 bits per heavy atom. The van der Waals surface area contributed by atoms with Crippen LogP contribution in [0.2, 0.25) is 0 Å². The van der Waals surface area contributed by atoms with Crippen molar-refractivity contribution in [3.8, 4) is 0 Å². The maximum Gasteiger partial charge on any atom is 0.244 e. The molecule has 0 saturated carbocycles. The molecule has 24 heavy (non-hydrogen) atoms. The van der Waals surface area contributed by atoms with E-state index in [1.165, 1.54) is 17.9 Å². The van der Waals surface area contributed by atoms with Crippen molar-refractivity contribution in [2.24, 2.45) is 0 Å². The van der Waals surface area contributed by atoms with Crippen LogP contribution in [0.15, 0.2) is 48.5 Å². The highest BCUT2D eigenvalue weighted by Crippen LogP contribution is 2.16. The number of carbonyl (C=O) groups excluding carboxylic acids is 2.